The molecule has 0 aliphatic rings. The maximum atomic E-state index is 13.9. The minimum Gasteiger partial charge on any atom is -0.477 e. The van der Waals surface area contributed by atoms with Crippen LogP contribution in [0, 0.1) is 5.95 Å². The first-order valence-corrected chi connectivity index (χ1v) is 8.84. The lowest BCUT2D eigenvalue weighted by Gasteiger charge is -2.19. The third-order valence-corrected chi connectivity index (χ3v) is 4.68. The van der Waals surface area contributed by atoms with Crippen LogP contribution in [0.3, 0.4) is 0 Å². The highest BCUT2D eigenvalue weighted by Crippen LogP contribution is 2.33. The van der Waals surface area contributed by atoms with Gasteiger partial charge in [0.15, 0.2) is 5.75 Å². The van der Waals surface area contributed by atoms with E-state index in [4.69, 9.17) is 27.9 Å². The Bertz CT molecular complexity index is 1130. The lowest BCUT2D eigenvalue weighted by Crippen LogP contribution is -2.21. The van der Waals surface area contributed by atoms with Crippen LogP contribution in [0.4, 0.5) is 4.39 Å². The van der Waals surface area contributed by atoms with Crippen molar-refractivity contribution >= 4 is 29.2 Å². The van der Waals surface area contributed by atoms with E-state index in [1.807, 2.05) is 0 Å². The summed E-state index contributed by atoms with van der Waals surface area (Å²) in [5.41, 5.74) is -0.833. The second-order valence-electron chi connectivity index (χ2n) is 5.64. The molecule has 0 atom stereocenters. The first-order valence-electron chi connectivity index (χ1n) is 8.08. The van der Waals surface area contributed by atoms with Crippen LogP contribution in [-0.2, 0) is 6.54 Å². The van der Waals surface area contributed by atoms with E-state index in [-0.39, 0.29) is 33.9 Å². The Labute approximate surface area is 168 Å². The summed E-state index contributed by atoms with van der Waals surface area (Å²) >= 11 is 12.0. The van der Waals surface area contributed by atoms with Gasteiger partial charge in [0.1, 0.15) is 5.56 Å². The maximum absolute atomic E-state index is 13.9. The van der Waals surface area contributed by atoms with E-state index in [1.165, 1.54) is 41.1 Å². The number of nitrogens with zero attached hydrogens (tertiary/aromatic N) is 2. The van der Waals surface area contributed by atoms with Gasteiger partial charge in [0, 0.05) is 24.4 Å². The normalized spacial score (nSPS) is 10.7. The Balaban J connectivity index is 2.30. The van der Waals surface area contributed by atoms with E-state index in [0.717, 1.165) is 6.07 Å². The van der Waals surface area contributed by atoms with Crippen LogP contribution >= 0.6 is 23.2 Å². The summed E-state index contributed by atoms with van der Waals surface area (Å²) in [5, 5.41) is 10.1. The molecular formula is C19H13Cl2FN2O4. The van der Waals surface area contributed by atoms with E-state index in [0.29, 0.717) is 5.56 Å². The second-order valence-corrected chi connectivity index (χ2v) is 6.46. The Morgan fingerprint density at radius 2 is 2.00 bits per heavy atom. The molecule has 2 aromatic heterocycles. The summed E-state index contributed by atoms with van der Waals surface area (Å²) in [6.07, 6.45) is 1.25. The van der Waals surface area contributed by atoms with Crippen LogP contribution < -0.4 is 10.2 Å². The number of carboxylic acid groups (broad SMARTS) is 1. The Hall–Kier alpha value is -2.90. The van der Waals surface area contributed by atoms with Gasteiger partial charge in [-0.1, -0.05) is 29.3 Å². The molecule has 144 valence electrons. The van der Waals surface area contributed by atoms with Gasteiger partial charge in [0.25, 0.3) is 5.95 Å². The van der Waals surface area contributed by atoms with Crippen molar-refractivity contribution in [3.63, 3.8) is 0 Å². The lowest BCUT2D eigenvalue weighted by atomic mass is 10.0. The van der Waals surface area contributed by atoms with Crippen molar-refractivity contribution in [2.45, 2.75) is 13.5 Å². The second kappa shape index (κ2) is 8.00. The number of aromatic nitrogens is 2. The zero-order valence-electron chi connectivity index (χ0n) is 14.4. The number of carbonyl (C=O) groups is 1. The SMILES string of the molecule is CCn1c(Oc2cccnc2F)cc(=O)c(C(=O)O)c1-c1ccc(Cl)c(Cl)c1. The molecule has 28 heavy (non-hydrogen) atoms. The largest absolute Gasteiger partial charge is 0.477 e. The average Bonchev–Trinajstić information content (AvgIpc) is 2.65. The smallest absolute Gasteiger partial charge is 0.341 e. The summed E-state index contributed by atoms with van der Waals surface area (Å²) in [6, 6.07) is 8.29. The zero-order chi connectivity index (χ0) is 20.4. The van der Waals surface area contributed by atoms with E-state index in [2.05, 4.69) is 4.98 Å². The van der Waals surface area contributed by atoms with Crippen molar-refractivity contribution < 1.29 is 19.0 Å². The van der Waals surface area contributed by atoms with Crippen LogP contribution in [0.5, 0.6) is 11.6 Å². The molecule has 3 rings (SSSR count). The fraction of sp³-hybridized carbons (Fsp3) is 0.105. The number of rotatable bonds is 5. The number of carboxylic acids is 1. The lowest BCUT2D eigenvalue weighted by molar-refractivity contribution is 0.0695. The van der Waals surface area contributed by atoms with Crippen molar-refractivity contribution in [2.24, 2.45) is 0 Å². The summed E-state index contributed by atoms with van der Waals surface area (Å²) in [4.78, 5) is 27.8. The van der Waals surface area contributed by atoms with Crippen molar-refractivity contribution in [3.8, 4) is 22.9 Å². The molecule has 0 fully saturated rings. The molecule has 0 amide bonds. The molecule has 0 saturated carbocycles. The number of ether oxygens (including phenoxy) is 1. The molecule has 1 aromatic carbocycles. The first kappa shape index (κ1) is 19.9. The monoisotopic (exact) mass is 422 g/mol. The van der Waals surface area contributed by atoms with Gasteiger partial charge in [-0.05, 0) is 31.2 Å². The first-order chi connectivity index (χ1) is 13.3. The van der Waals surface area contributed by atoms with E-state index in [1.54, 1.807) is 6.92 Å². The van der Waals surface area contributed by atoms with Gasteiger partial charge in [-0.25, -0.2) is 9.78 Å². The number of hydrogen-bond donors (Lipinski definition) is 1. The zero-order valence-corrected chi connectivity index (χ0v) is 16.0. The quantitative estimate of drug-likeness (QED) is 0.593. The van der Waals surface area contributed by atoms with Crippen LogP contribution in [0.2, 0.25) is 10.0 Å². The third-order valence-electron chi connectivity index (χ3n) is 3.94. The number of benzene rings is 1. The topological polar surface area (TPSA) is 81.4 Å². The minimum atomic E-state index is -1.41. The fourth-order valence-electron chi connectivity index (χ4n) is 2.73. The predicted molar refractivity (Wildman–Crippen MR) is 103 cm³/mol. The molecule has 0 aliphatic heterocycles. The molecular weight excluding hydrogens is 410 g/mol. The average molecular weight is 423 g/mol. The highest BCUT2D eigenvalue weighted by Gasteiger charge is 2.23. The molecule has 6 nitrogen and oxygen atoms in total. The number of hydrogen-bond acceptors (Lipinski definition) is 4. The van der Waals surface area contributed by atoms with Crippen molar-refractivity contribution in [3.05, 3.63) is 74.4 Å². The third kappa shape index (κ3) is 3.72. The molecule has 9 heteroatoms. The van der Waals surface area contributed by atoms with Crippen LogP contribution in [0.15, 0.2) is 47.4 Å². The number of aromatic carboxylic acids is 1. The Kier molecular flexibility index (Phi) is 5.67. The highest BCUT2D eigenvalue weighted by atomic mass is 35.5. The predicted octanol–water partition coefficient (Wildman–Crippen LogP) is 4.87. The maximum Gasteiger partial charge on any atom is 0.341 e. The molecule has 0 unspecified atom stereocenters. The van der Waals surface area contributed by atoms with Gasteiger partial charge < -0.3 is 14.4 Å². The molecule has 3 aromatic rings. The summed E-state index contributed by atoms with van der Waals surface area (Å²) in [7, 11) is 0. The van der Waals surface area contributed by atoms with Gasteiger partial charge in [0.05, 0.1) is 15.7 Å². The van der Waals surface area contributed by atoms with Crippen molar-refractivity contribution in [1.82, 2.24) is 9.55 Å². The molecule has 0 saturated heterocycles. The fourth-order valence-corrected chi connectivity index (χ4v) is 3.03. The van der Waals surface area contributed by atoms with Gasteiger partial charge in [-0.3, -0.25) is 4.79 Å². The van der Waals surface area contributed by atoms with Crippen LogP contribution in [0.25, 0.3) is 11.3 Å². The van der Waals surface area contributed by atoms with Gasteiger partial charge in [0.2, 0.25) is 11.3 Å². The minimum absolute atomic E-state index is 0.0366. The summed E-state index contributed by atoms with van der Waals surface area (Å²) in [5.74, 6) is -2.51. The van der Waals surface area contributed by atoms with Crippen molar-refractivity contribution in [1.29, 1.82) is 0 Å². The molecule has 0 spiro atoms. The number of pyridine rings is 2. The van der Waals surface area contributed by atoms with Crippen molar-refractivity contribution in [2.75, 3.05) is 0 Å². The Morgan fingerprint density at radius 3 is 2.61 bits per heavy atom. The van der Waals surface area contributed by atoms with Gasteiger partial charge >= 0.3 is 5.97 Å². The molecule has 2 heterocycles. The molecule has 0 bridgehead atoms. The standard InChI is InChI=1S/C19H13Cl2FN2O4/c1-2-24-15(28-14-4-3-7-23-18(14)22)9-13(25)16(19(26)27)17(24)10-5-6-11(20)12(21)8-10/h3-9H,2H2,1H3,(H,26,27). The van der Waals surface area contributed by atoms with E-state index >= 15 is 0 Å². The van der Waals surface area contributed by atoms with Crippen LogP contribution in [-0.4, -0.2) is 20.6 Å². The van der Waals surface area contributed by atoms with Gasteiger partial charge in [-0.2, -0.15) is 4.39 Å². The van der Waals surface area contributed by atoms with E-state index in [9.17, 15) is 19.1 Å². The molecule has 0 aliphatic carbocycles. The highest BCUT2D eigenvalue weighted by molar-refractivity contribution is 6.42. The van der Waals surface area contributed by atoms with E-state index < -0.39 is 22.9 Å². The van der Waals surface area contributed by atoms with Crippen LogP contribution in [0.1, 0.15) is 17.3 Å². The molecule has 0 radical (unpaired) electrons. The summed E-state index contributed by atoms with van der Waals surface area (Å²) in [6.45, 7) is 1.96. The summed E-state index contributed by atoms with van der Waals surface area (Å²) < 4.78 is 20.9. The van der Waals surface area contributed by atoms with Gasteiger partial charge in [-0.15, -0.1) is 0 Å². The molecule has 1 N–H and O–H groups in total. The Morgan fingerprint density at radius 1 is 1.25 bits per heavy atom. The number of halogens is 3.